The Hall–Kier alpha value is -1.96. The molecule has 0 bridgehead atoms. The number of methoxy groups -OCH3 is 1. The molecule has 0 amide bonds. The Balaban J connectivity index is 2.09. The first kappa shape index (κ1) is 12.1. The normalized spacial score (nSPS) is 16.9. The lowest BCUT2D eigenvalue weighted by molar-refractivity contribution is 0.255. The number of ether oxygens (including phenoxy) is 2. The van der Waals surface area contributed by atoms with Gasteiger partial charge in [0.15, 0.2) is 0 Å². The van der Waals surface area contributed by atoms with Crippen LogP contribution in [0, 0.1) is 6.92 Å². The molecule has 1 atom stereocenters. The Kier molecular flexibility index (Phi) is 2.94. The highest BCUT2D eigenvalue weighted by Gasteiger charge is 2.23. The molecule has 0 aliphatic carbocycles. The minimum absolute atomic E-state index is 0.272. The molecule has 98 valence electrons. The number of aryl methyl sites for hydroxylation is 1. The summed E-state index contributed by atoms with van der Waals surface area (Å²) in [5, 5.41) is 0. The van der Waals surface area contributed by atoms with E-state index in [2.05, 4.69) is 38.1 Å². The number of fused-ring (bicyclic) bond motifs is 1. The number of benzene rings is 2. The fraction of sp³-hybridized carbons (Fsp3) is 0.294. The molecule has 0 aromatic heterocycles. The Labute approximate surface area is 114 Å². The summed E-state index contributed by atoms with van der Waals surface area (Å²) < 4.78 is 11.2. The molecule has 1 aliphatic rings. The van der Waals surface area contributed by atoms with Crippen molar-refractivity contribution in [1.82, 2.24) is 0 Å². The van der Waals surface area contributed by atoms with Gasteiger partial charge in [0.1, 0.15) is 17.6 Å². The predicted molar refractivity (Wildman–Crippen MR) is 77.0 cm³/mol. The van der Waals surface area contributed by atoms with Crippen LogP contribution in [0.4, 0.5) is 0 Å². The molecule has 1 unspecified atom stereocenters. The predicted octanol–water partition coefficient (Wildman–Crippen LogP) is 3.99. The number of hydrogen-bond donors (Lipinski definition) is 0. The van der Waals surface area contributed by atoms with Crippen LogP contribution in [0.25, 0.3) is 11.1 Å². The molecule has 0 N–H and O–H groups in total. The van der Waals surface area contributed by atoms with E-state index >= 15 is 0 Å². The van der Waals surface area contributed by atoms with Crippen molar-refractivity contribution in [3.63, 3.8) is 0 Å². The monoisotopic (exact) mass is 254 g/mol. The summed E-state index contributed by atoms with van der Waals surface area (Å²) in [4.78, 5) is 0. The van der Waals surface area contributed by atoms with Gasteiger partial charge in [0.2, 0.25) is 0 Å². The average molecular weight is 254 g/mol. The van der Waals surface area contributed by atoms with Gasteiger partial charge in [-0.1, -0.05) is 18.2 Å². The van der Waals surface area contributed by atoms with E-state index < -0.39 is 0 Å². The van der Waals surface area contributed by atoms with Crippen LogP contribution < -0.4 is 9.47 Å². The molecule has 2 aromatic rings. The van der Waals surface area contributed by atoms with Crippen molar-refractivity contribution in [2.24, 2.45) is 0 Å². The summed E-state index contributed by atoms with van der Waals surface area (Å²) in [6, 6.07) is 12.6. The zero-order valence-electron chi connectivity index (χ0n) is 11.6. The maximum absolute atomic E-state index is 5.97. The van der Waals surface area contributed by atoms with Crippen molar-refractivity contribution in [1.29, 1.82) is 0 Å². The standard InChI is InChI=1S/C17H18O2/c1-11-8-14-10-12(2)19-17(14)16(9-11)13-4-6-15(18-3)7-5-13/h4-9,12H,10H2,1-3H3. The molecular weight excluding hydrogens is 236 g/mol. The summed E-state index contributed by atoms with van der Waals surface area (Å²) in [5.74, 6) is 1.92. The first-order chi connectivity index (χ1) is 9.17. The molecule has 0 spiro atoms. The molecule has 19 heavy (non-hydrogen) atoms. The second-order valence-electron chi connectivity index (χ2n) is 5.16. The third-order valence-electron chi connectivity index (χ3n) is 3.54. The van der Waals surface area contributed by atoms with Crippen molar-refractivity contribution in [2.75, 3.05) is 7.11 Å². The molecular formula is C17H18O2. The van der Waals surface area contributed by atoms with E-state index in [-0.39, 0.29) is 6.10 Å². The molecule has 2 heteroatoms. The second-order valence-corrected chi connectivity index (χ2v) is 5.16. The summed E-state index contributed by atoms with van der Waals surface area (Å²) >= 11 is 0. The second kappa shape index (κ2) is 4.61. The third kappa shape index (κ3) is 2.19. The summed E-state index contributed by atoms with van der Waals surface area (Å²) in [6.45, 7) is 4.25. The third-order valence-corrected chi connectivity index (χ3v) is 3.54. The number of rotatable bonds is 2. The van der Waals surface area contributed by atoms with Gasteiger partial charge in [0.25, 0.3) is 0 Å². The molecule has 2 nitrogen and oxygen atoms in total. The van der Waals surface area contributed by atoms with E-state index in [0.29, 0.717) is 0 Å². The van der Waals surface area contributed by atoms with Crippen LogP contribution in [0.1, 0.15) is 18.1 Å². The minimum Gasteiger partial charge on any atom is -0.497 e. The molecule has 0 saturated carbocycles. The van der Waals surface area contributed by atoms with E-state index in [1.54, 1.807) is 7.11 Å². The highest BCUT2D eigenvalue weighted by Crippen LogP contribution is 2.40. The van der Waals surface area contributed by atoms with Gasteiger partial charge in [-0.25, -0.2) is 0 Å². The molecule has 1 aliphatic heterocycles. The lowest BCUT2D eigenvalue weighted by Gasteiger charge is -2.11. The minimum atomic E-state index is 0.272. The zero-order chi connectivity index (χ0) is 13.4. The highest BCUT2D eigenvalue weighted by molar-refractivity contribution is 5.74. The van der Waals surface area contributed by atoms with Gasteiger partial charge in [-0.05, 0) is 48.7 Å². The highest BCUT2D eigenvalue weighted by atomic mass is 16.5. The zero-order valence-corrected chi connectivity index (χ0v) is 11.6. The smallest absolute Gasteiger partial charge is 0.130 e. The van der Waals surface area contributed by atoms with Gasteiger partial charge >= 0.3 is 0 Å². The van der Waals surface area contributed by atoms with Crippen molar-refractivity contribution >= 4 is 0 Å². The van der Waals surface area contributed by atoms with Crippen LogP contribution in [0.3, 0.4) is 0 Å². The fourth-order valence-corrected chi connectivity index (χ4v) is 2.68. The Bertz CT molecular complexity index is 599. The first-order valence-electron chi connectivity index (χ1n) is 6.62. The van der Waals surface area contributed by atoms with Crippen LogP contribution >= 0.6 is 0 Å². The van der Waals surface area contributed by atoms with Gasteiger partial charge in [0, 0.05) is 12.0 Å². The lowest BCUT2D eigenvalue weighted by Crippen LogP contribution is -2.05. The van der Waals surface area contributed by atoms with Crippen LogP contribution in [0.5, 0.6) is 11.5 Å². The maximum atomic E-state index is 5.97. The Morgan fingerprint density at radius 2 is 1.89 bits per heavy atom. The average Bonchev–Trinajstić information content (AvgIpc) is 2.78. The molecule has 0 fully saturated rings. The molecule has 3 rings (SSSR count). The maximum Gasteiger partial charge on any atom is 0.130 e. The van der Waals surface area contributed by atoms with Crippen LogP contribution in [0.2, 0.25) is 0 Å². The van der Waals surface area contributed by atoms with Gasteiger partial charge < -0.3 is 9.47 Å². The first-order valence-corrected chi connectivity index (χ1v) is 6.62. The lowest BCUT2D eigenvalue weighted by atomic mass is 9.98. The Morgan fingerprint density at radius 1 is 1.16 bits per heavy atom. The molecule has 2 aromatic carbocycles. The number of hydrogen-bond acceptors (Lipinski definition) is 2. The van der Waals surface area contributed by atoms with E-state index in [9.17, 15) is 0 Å². The van der Waals surface area contributed by atoms with E-state index in [1.807, 2.05) is 12.1 Å². The summed E-state index contributed by atoms with van der Waals surface area (Å²) in [7, 11) is 1.68. The summed E-state index contributed by atoms with van der Waals surface area (Å²) in [6.07, 6.45) is 1.27. The summed E-state index contributed by atoms with van der Waals surface area (Å²) in [5.41, 5.74) is 4.96. The van der Waals surface area contributed by atoms with Crippen molar-refractivity contribution in [3.05, 3.63) is 47.5 Å². The Morgan fingerprint density at radius 3 is 2.58 bits per heavy atom. The fourth-order valence-electron chi connectivity index (χ4n) is 2.68. The van der Waals surface area contributed by atoms with Crippen LogP contribution in [0.15, 0.2) is 36.4 Å². The quantitative estimate of drug-likeness (QED) is 0.806. The molecule has 1 heterocycles. The van der Waals surface area contributed by atoms with Crippen LogP contribution in [-0.4, -0.2) is 13.2 Å². The van der Waals surface area contributed by atoms with Gasteiger partial charge in [-0.2, -0.15) is 0 Å². The van der Waals surface area contributed by atoms with Crippen molar-refractivity contribution < 1.29 is 9.47 Å². The molecule has 0 saturated heterocycles. The topological polar surface area (TPSA) is 18.5 Å². The van der Waals surface area contributed by atoms with Gasteiger partial charge in [-0.3, -0.25) is 0 Å². The van der Waals surface area contributed by atoms with Crippen LogP contribution in [-0.2, 0) is 6.42 Å². The van der Waals surface area contributed by atoms with E-state index in [0.717, 1.165) is 17.9 Å². The largest absolute Gasteiger partial charge is 0.497 e. The van der Waals surface area contributed by atoms with Crippen molar-refractivity contribution in [3.8, 4) is 22.6 Å². The van der Waals surface area contributed by atoms with Crippen molar-refractivity contribution in [2.45, 2.75) is 26.4 Å². The SMILES string of the molecule is COc1ccc(-c2cc(C)cc3c2OC(C)C3)cc1. The van der Waals surface area contributed by atoms with Gasteiger partial charge in [0.05, 0.1) is 7.11 Å². The van der Waals surface area contributed by atoms with E-state index in [1.165, 1.54) is 22.3 Å². The van der Waals surface area contributed by atoms with Gasteiger partial charge in [-0.15, -0.1) is 0 Å². The van der Waals surface area contributed by atoms with E-state index in [4.69, 9.17) is 9.47 Å². The molecule has 0 radical (unpaired) electrons.